The molecule has 1 aliphatic rings. The molecule has 0 saturated carbocycles. The molecule has 1 aromatic rings. The third-order valence-electron chi connectivity index (χ3n) is 2.97. The normalized spacial score (nSPS) is 20.5. The third kappa shape index (κ3) is 3.95. The van der Waals surface area contributed by atoms with Crippen LogP contribution in [0, 0.1) is 5.82 Å². The largest absolute Gasteiger partial charge is 0.377 e. The van der Waals surface area contributed by atoms with E-state index in [0.29, 0.717) is 17.1 Å². The molecule has 0 aliphatic carbocycles. The van der Waals surface area contributed by atoms with E-state index in [0.717, 1.165) is 26.0 Å². The van der Waals surface area contributed by atoms with Crippen LogP contribution in [-0.4, -0.2) is 19.3 Å². The smallest absolute Gasteiger partial charge is 0.127 e. The highest BCUT2D eigenvalue weighted by molar-refractivity contribution is 6.30. The molecule has 2 nitrogen and oxygen atoms in total. The van der Waals surface area contributed by atoms with Gasteiger partial charge >= 0.3 is 0 Å². The molecule has 0 bridgehead atoms. The van der Waals surface area contributed by atoms with Gasteiger partial charge in [-0.2, -0.15) is 0 Å². The van der Waals surface area contributed by atoms with E-state index >= 15 is 0 Å². The van der Waals surface area contributed by atoms with Gasteiger partial charge in [0.2, 0.25) is 0 Å². The molecule has 2 rings (SSSR count). The van der Waals surface area contributed by atoms with Crippen LogP contribution in [0.15, 0.2) is 18.2 Å². The van der Waals surface area contributed by atoms with Gasteiger partial charge < -0.3 is 10.1 Å². The van der Waals surface area contributed by atoms with Crippen LogP contribution in [0.4, 0.5) is 4.39 Å². The highest BCUT2D eigenvalue weighted by Crippen LogP contribution is 2.15. The maximum atomic E-state index is 13.4. The van der Waals surface area contributed by atoms with Crippen molar-refractivity contribution in [2.75, 3.05) is 13.2 Å². The Kier molecular flexibility index (Phi) is 4.77. The predicted molar refractivity (Wildman–Crippen MR) is 66.7 cm³/mol. The average molecular weight is 258 g/mol. The molecule has 1 N–H and O–H groups in total. The van der Waals surface area contributed by atoms with Crippen molar-refractivity contribution in [2.24, 2.45) is 0 Å². The summed E-state index contributed by atoms with van der Waals surface area (Å²) in [5.74, 6) is -0.216. The zero-order valence-corrected chi connectivity index (χ0v) is 10.5. The molecular weight excluding hydrogens is 241 g/mol. The standard InChI is InChI=1S/C13H17ClFNO/c14-11-4-5-13(15)10(7-11)8-16-9-12-3-1-2-6-17-12/h4-5,7,12,16H,1-3,6,8-9H2. The first kappa shape index (κ1) is 12.8. The van der Waals surface area contributed by atoms with Gasteiger partial charge in [0.1, 0.15) is 5.82 Å². The van der Waals surface area contributed by atoms with Crippen LogP contribution in [0.25, 0.3) is 0 Å². The molecule has 4 heteroatoms. The second-order valence-electron chi connectivity index (χ2n) is 4.36. The van der Waals surface area contributed by atoms with E-state index in [1.54, 1.807) is 12.1 Å². The maximum absolute atomic E-state index is 13.4. The predicted octanol–water partition coefficient (Wildman–Crippen LogP) is 3.14. The van der Waals surface area contributed by atoms with Gasteiger partial charge in [-0.25, -0.2) is 4.39 Å². The lowest BCUT2D eigenvalue weighted by molar-refractivity contribution is 0.0167. The molecule has 1 aliphatic heterocycles. The highest BCUT2D eigenvalue weighted by Gasteiger charge is 2.13. The second-order valence-corrected chi connectivity index (χ2v) is 4.79. The SMILES string of the molecule is Fc1ccc(Cl)cc1CNCC1CCCCO1. The molecule has 17 heavy (non-hydrogen) atoms. The summed E-state index contributed by atoms with van der Waals surface area (Å²) in [6.07, 6.45) is 3.73. The fourth-order valence-electron chi connectivity index (χ4n) is 2.01. The van der Waals surface area contributed by atoms with Gasteiger partial charge in [-0.15, -0.1) is 0 Å². The first-order valence-electron chi connectivity index (χ1n) is 6.02. The lowest BCUT2D eigenvalue weighted by atomic mass is 10.1. The topological polar surface area (TPSA) is 21.3 Å². The molecule has 1 heterocycles. The Labute approximate surface area is 106 Å². The van der Waals surface area contributed by atoms with Crippen molar-refractivity contribution in [1.82, 2.24) is 5.32 Å². The quantitative estimate of drug-likeness (QED) is 0.895. The second kappa shape index (κ2) is 6.34. The average Bonchev–Trinajstić information content (AvgIpc) is 2.35. The Hall–Kier alpha value is -0.640. The number of hydrogen-bond acceptors (Lipinski definition) is 2. The van der Waals surface area contributed by atoms with Crippen LogP contribution in [0.5, 0.6) is 0 Å². The van der Waals surface area contributed by atoms with E-state index in [4.69, 9.17) is 16.3 Å². The first-order chi connectivity index (χ1) is 8.25. The number of nitrogens with one attached hydrogen (secondary N) is 1. The Bertz CT molecular complexity index is 366. The Morgan fingerprint density at radius 2 is 2.29 bits per heavy atom. The number of ether oxygens (including phenoxy) is 1. The Balaban J connectivity index is 1.79. The van der Waals surface area contributed by atoms with E-state index in [1.807, 2.05) is 0 Å². The maximum Gasteiger partial charge on any atom is 0.127 e. The van der Waals surface area contributed by atoms with Gasteiger partial charge in [0, 0.05) is 30.3 Å². The molecule has 1 unspecified atom stereocenters. The van der Waals surface area contributed by atoms with Gasteiger partial charge in [0.15, 0.2) is 0 Å². The Morgan fingerprint density at radius 3 is 3.06 bits per heavy atom. The first-order valence-corrected chi connectivity index (χ1v) is 6.40. The lowest BCUT2D eigenvalue weighted by Crippen LogP contribution is -2.31. The fraction of sp³-hybridized carbons (Fsp3) is 0.538. The van der Waals surface area contributed by atoms with E-state index in [-0.39, 0.29) is 11.9 Å². The minimum Gasteiger partial charge on any atom is -0.377 e. The van der Waals surface area contributed by atoms with Crippen LogP contribution in [0.2, 0.25) is 5.02 Å². The van der Waals surface area contributed by atoms with Crippen molar-refractivity contribution < 1.29 is 9.13 Å². The van der Waals surface area contributed by atoms with Crippen molar-refractivity contribution in [1.29, 1.82) is 0 Å². The van der Waals surface area contributed by atoms with Crippen LogP contribution < -0.4 is 5.32 Å². The summed E-state index contributed by atoms with van der Waals surface area (Å²) in [5.41, 5.74) is 0.605. The molecule has 1 atom stereocenters. The zero-order valence-electron chi connectivity index (χ0n) is 9.72. The summed E-state index contributed by atoms with van der Waals surface area (Å²) < 4.78 is 19.0. The number of rotatable bonds is 4. The molecule has 1 aromatic carbocycles. The van der Waals surface area contributed by atoms with Crippen molar-refractivity contribution in [3.8, 4) is 0 Å². The molecule has 1 saturated heterocycles. The lowest BCUT2D eigenvalue weighted by Gasteiger charge is -2.22. The van der Waals surface area contributed by atoms with Crippen molar-refractivity contribution in [2.45, 2.75) is 31.9 Å². The molecule has 94 valence electrons. The summed E-state index contributed by atoms with van der Waals surface area (Å²) in [6, 6.07) is 4.62. The summed E-state index contributed by atoms with van der Waals surface area (Å²) in [5, 5.41) is 3.78. The van der Waals surface area contributed by atoms with Crippen molar-refractivity contribution in [3.63, 3.8) is 0 Å². The highest BCUT2D eigenvalue weighted by atomic mass is 35.5. The summed E-state index contributed by atoms with van der Waals surface area (Å²) in [4.78, 5) is 0. The minimum absolute atomic E-state index is 0.216. The minimum atomic E-state index is -0.216. The van der Waals surface area contributed by atoms with E-state index in [1.165, 1.54) is 12.5 Å². The van der Waals surface area contributed by atoms with E-state index < -0.39 is 0 Å². The third-order valence-corrected chi connectivity index (χ3v) is 3.20. The van der Waals surface area contributed by atoms with Crippen LogP contribution >= 0.6 is 11.6 Å². The van der Waals surface area contributed by atoms with Crippen LogP contribution in [-0.2, 0) is 11.3 Å². The monoisotopic (exact) mass is 257 g/mol. The van der Waals surface area contributed by atoms with Gasteiger partial charge in [0.05, 0.1) is 6.10 Å². The van der Waals surface area contributed by atoms with Crippen molar-refractivity contribution >= 4 is 11.6 Å². The summed E-state index contributed by atoms with van der Waals surface area (Å²) in [7, 11) is 0. The van der Waals surface area contributed by atoms with Crippen LogP contribution in [0.3, 0.4) is 0 Å². The van der Waals surface area contributed by atoms with Gasteiger partial charge in [0.25, 0.3) is 0 Å². The summed E-state index contributed by atoms with van der Waals surface area (Å²) >= 11 is 5.83. The number of benzene rings is 1. The molecule has 0 amide bonds. The molecule has 0 radical (unpaired) electrons. The number of halogens is 2. The number of hydrogen-bond donors (Lipinski definition) is 1. The molecule has 0 spiro atoms. The van der Waals surface area contributed by atoms with Crippen LogP contribution in [0.1, 0.15) is 24.8 Å². The summed E-state index contributed by atoms with van der Waals surface area (Å²) in [6.45, 7) is 2.11. The molecule has 1 fully saturated rings. The fourth-order valence-corrected chi connectivity index (χ4v) is 2.21. The van der Waals surface area contributed by atoms with Crippen molar-refractivity contribution in [3.05, 3.63) is 34.6 Å². The zero-order chi connectivity index (χ0) is 12.1. The van der Waals surface area contributed by atoms with Gasteiger partial charge in [-0.1, -0.05) is 11.6 Å². The Morgan fingerprint density at radius 1 is 1.41 bits per heavy atom. The molecule has 0 aromatic heterocycles. The van der Waals surface area contributed by atoms with Gasteiger partial charge in [-0.05, 0) is 37.5 Å². The van der Waals surface area contributed by atoms with Gasteiger partial charge in [-0.3, -0.25) is 0 Å². The van der Waals surface area contributed by atoms with E-state index in [2.05, 4.69) is 5.32 Å². The van der Waals surface area contributed by atoms with E-state index in [9.17, 15) is 4.39 Å². The molecular formula is C13H17ClFNO.